The number of aryl methyl sites for hydroxylation is 2. The first kappa shape index (κ1) is 14.9. The molecular formula is C15H16N6O2. The predicted molar refractivity (Wildman–Crippen MR) is 84.1 cm³/mol. The van der Waals surface area contributed by atoms with Crippen LogP contribution in [0.4, 0.5) is 5.82 Å². The Morgan fingerprint density at radius 3 is 2.87 bits per heavy atom. The fraction of sp³-hybridized carbons (Fsp3) is 0.267. The van der Waals surface area contributed by atoms with Gasteiger partial charge in [0, 0.05) is 36.5 Å². The molecule has 8 nitrogen and oxygen atoms in total. The molecule has 23 heavy (non-hydrogen) atoms. The third-order valence-electron chi connectivity index (χ3n) is 3.12. The maximum Gasteiger partial charge on any atom is 0.258 e. The van der Waals surface area contributed by atoms with Crippen molar-refractivity contribution in [2.24, 2.45) is 0 Å². The minimum atomic E-state index is -0.139. The summed E-state index contributed by atoms with van der Waals surface area (Å²) in [6.45, 7) is 4.15. The second-order valence-electron chi connectivity index (χ2n) is 5.09. The molecule has 0 fully saturated rings. The maximum absolute atomic E-state index is 11.4. The quantitative estimate of drug-likeness (QED) is 0.734. The van der Waals surface area contributed by atoms with Gasteiger partial charge in [-0.15, -0.1) is 0 Å². The maximum atomic E-state index is 11.4. The zero-order chi connectivity index (χ0) is 16.2. The molecule has 0 bridgehead atoms. The summed E-state index contributed by atoms with van der Waals surface area (Å²) < 4.78 is 5.14. The molecule has 0 radical (unpaired) electrons. The number of pyridine rings is 1. The van der Waals surface area contributed by atoms with Gasteiger partial charge in [0.05, 0.1) is 0 Å². The lowest BCUT2D eigenvalue weighted by Gasteiger charge is -2.06. The number of nitrogens with one attached hydrogen (secondary N) is 2. The van der Waals surface area contributed by atoms with Gasteiger partial charge >= 0.3 is 0 Å². The Balaban J connectivity index is 1.65. The zero-order valence-electron chi connectivity index (χ0n) is 12.8. The molecular weight excluding hydrogens is 296 g/mol. The third kappa shape index (κ3) is 3.79. The highest BCUT2D eigenvalue weighted by Crippen LogP contribution is 2.18. The molecule has 0 aliphatic heterocycles. The van der Waals surface area contributed by atoms with E-state index >= 15 is 0 Å². The summed E-state index contributed by atoms with van der Waals surface area (Å²) in [6, 6.07) is 5.10. The fourth-order valence-corrected chi connectivity index (χ4v) is 2.14. The Morgan fingerprint density at radius 1 is 1.26 bits per heavy atom. The number of aromatic amines is 1. The van der Waals surface area contributed by atoms with Crippen LogP contribution in [0.1, 0.15) is 17.3 Å². The van der Waals surface area contributed by atoms with Crippen LogP contribution in [0.25, 0.3) is 11.5 Å². The van der Waals surface area contributed by atoms with E-state index in [9.17, 15) is 4.79 Å². The summed E-state index contributed by atoms with van der Waals surface area (Å²) in [6.07, 6.45) is 2.26. The molecule has 0 unspecified atom stereocenters. The van der Waals surface area contributed by atoms with Gasteiger partial charge in [0.2, 0.25) is 0 Å². The number of aromatic nitrogens is 5. The van der Waals surface area contributed by atoms with Gasteiger partial charge in [-0.25, -0.2) is 9.97 Å². The van der Waals surface area contributed by atoms with E-state index in [1.165, 1.54) is 6.07 Å². The van der Waals surface area contributed by atoms with Crippen LogP contribution in [0.5, 0.6) is 0 Å². The molecule has 3 rings (SSSR count). The smallest absolute Gasteiger partial charge is 0.258 e. The van der Waals surface area contributed by atoms with Crippen LogP contribution < -0.4 is 10.9 Å². The summed E-state index contributed by atoms with van der Waals surface area (Å²) >= 11 is 0. The minimum absolute atomic E-state index is 0.139. The first-order chi connectivity index (χ1) is 11.1. The topological polar surface area (TPSA) is 110 Å². The number of H-pyrrole nitrogens is 1. The van der Waals surface area contributed by atoms with Crippen LogP contribution in [-0.2, 0) is 6.42 Å². The molecule has 0 aliphatic rings. The number of rotatable bonds is 5. The molecule has 0 amide bonds. The molecule has 0 spiro atoms. The van der Waals surface area contributed by atoms with Gasteiger partial charge < -0.3 is 14.8 Å². The van der Waals surface area contributed by atoms with Crippen LogP contribution in [0.2, 0.25) is 0 Å². The van der Waals surface area contributed by atoms with Crippen molar-refractivity contribution in [3.05, 3.63) is 52.1 Å². The number of nitrogens with zero attached hydrogens (tertiary/aromatic N) is 4. The lowest BCUT2D eigenvalue weighted by molar-refractivity contribution is 0.425. The van der Waals surface area contributed by atoms with E-state index in [1.807, 2.05) is 6.07 Å². The number of hydrogen-bond acceptors (Lipinski definition) is 7. The predicted octanol–water partition coefficient (Wildman–Crippen LogP) is 1.49. The van der Waals surface area contributed by atoms with Gasteiger partial charge in [0.1, 0.15) is 11.6 Å². The lowest BCUT2D eigenvalue weighted by Crippen LogP contribution is -2.15. The summed E-state index contributed by atoms with van der Waals surface area (Å²) in [5.41, 5.74) is 1.36. The first-order valence-electron chi connectivity index (χ1n) is 7.17. The Morgan fingerprint density at radius 2 is 2.13 bits per heavy atom. The Hall–Kier alpha value is -3.03. The van der Waals surface area contributed by atoms with Crippen LogP contribution in [-0.4, -0.2) is 31.6 Å². The average Bonchev–Trinajstić information content (AvgIpc) is 2.93. The highest BCUT2D eigenvalue weighted by Gasteiger charge is 2.07. The van der Waals surface area contributed by atoms with E-state index < -0.39 is 0 Å². The summed E-state index contributed by atoms with van der Waals surface area (Å²) in [7, 11) is 0. The van der Waals surface area contributed by atoms with Gasteiger partial charge in [0.15, 0.2) is 5.82 Å². The van der Waals surface area contributed by atoms with Crippen molar-refractivity contribution in [3.63, 3.8) is 0 Å². The largest absolute Gasteiger partial charge is 0.370 e. The van der Waals surface area contributed by atoms with Gasteiger partial charge in [-0.2, -0.15) is 4.98 Å². The molecule has 0 aromatic carbocycles. The van der Waals surface area contributed by atoms with Gasteiger partial charge in [-0.3, -0.25) is 4.79 Å². The number of anilines is 1. The zero-order valence-corrected chi connectivity index (χ0v) is 12.8. The highest BCUT2D eigenvalue weighted by atomic mass is 16.5. The fourth-order valence-electron chi connectivity index (χ4n) is 2.14. The molecule has 118 valence electrons. The second-order valence-corrected chi connectivity index (χ2v) is 5.09. The van der Waals surface area contributed by atoms with E-state index in [1.54, 1.807) is 26.1 Å². The van der Waals surface area contributed by atoms with Crippen LogP contribution in [0, 0.1) is 13.8 Å². The van der Waals surface area contributed by atoms with Crippen molar-refractivity contribution >= 4 is 5.82 Å². The summed E-state index contributed by atoms with van der Waals surface area (Å²) in [5, 5.41) is 6.96. The first-order valence-corrected chi connectivity index (χ1v) is 7.17. The van der Waals surface area contributed by atoms with E-state index in [2.05, 4.69) is 30.4 Å². The van der Waals surface area contributed by atoms with Crippen LogP contribution in [0.15, 0.2) is 33.7 Å². The standard InChI is InChI=1S/C15H16N6O2/c1-9-7-14(22)20-12(18-9)4-6-17-13-8-11(3-5-16-13)15-19-10(2)21-23-15/h3,5,7-8H,4,6H2,1-2H3,(H,16,17)(H,18,20,22). The lowest BCUT2D eigenvalue weighted by atomic mass is 10.2. The van der Waals surface area contributed by atoms with Crippen LogP contribution in [0.3, 0.4) is 0 Å². The average molecular weight is 312 g/mol. The Kier molecular flexibility index (Phi) is 4.13. The molecule has 3 aromatic heterocycles. The van der Waals surface area contributed by atoms with E-state index in [-0.39, 0.29) is 5.56 Å². The van der Waals surface area contributed by atoms with Crippen molar-refractivity contribution in [3.8, 4) is 11.5 Å². The van der Waals surface area contributed by atoms with E-state index in [0.717, 1.165) is 5.56 Å². The van der Waals surface area contributed by atoms with Crippen LogP contribution >= 0.6 is 0 Å². The third-order valence-corrected chi connectivity index (χ3v) is 3.12. The van der Waals surface area contributed by atoms with Crippen molar-refractivity contribution in [1.82, 2.24) is 25.1 Å². The highest BCUT2D eigenvalue weighted by molar-refractivity contribution is 5.57. The monoisotopic (exact) mass is 312 g/mol. The SMILES string of the molecule is Cc1cc(=O)[nH]c(CCNc2cc(-c3nc(C)no3)ccn2)n1. The minimum Gasteiger partial charge on any atom is -0.370 e. The molecule has 3 heterocycles. The molecule has 8 heteroatoms. The molecule has 3 aromatic rings. The Bertz CT molecular complexity index is 870. The van der Waals surface area contributed by atoms with Gasteiger partial charge in [0.25, 0.3) is 11.4 Å². The number of hydrogen-bond donors (Lipinski definition) is 2. The molecule has 0 atom stereocenters. The van der Waals surface area contributed by atoms with Gasteiger partial charge in [-0.1, -0.05) is 5.16 Å². The van der Waals surface area contributed by atoms with Crippen molar-refractivity contribution in [2.75, 3.05) is 11.9 Å². The van der Waals surface area contributed by atoms with Crippen molar-refractivity contribution in [2.45, 2.75) is 20.3 Å². The summed E-state index contributed by atoms with van der Waals surface area (Å²) in [5.74, 6) is 2.37. The molecule has 0 saturated heterocycles. The van der Waals surface area contributed by atoms with Crippen molar-refractivity contribution < 1.29 is 4.52 Å². The molecule has 0 aliphatic carbocycles. The normalized spacial score (nSPS) is 10.7. The summed E-state index contributed by atoms with van der Waals surface area (Å²) in [4.78, 5) is 26.8. The van der Waals surface area contributed by atoms with E-state index in [0.29, 0.717) is 42.0 Å². The second kappa shape index (κ2) is 6.39. The van der Waals surface area contributed by atoms with Gasteiger partial charge in [-0.05, 0) is 26.0 Å². The molecule has 0 saturated carbocycles. The van der Waals surface area contributed by atoms with Crippen molar-refractivity contribution in [1.29, 1.82) is 0 Å². The molecule has 2 N–H and O–H groups in total. The Labute approximate surface area is 132 Å². The van der Waals surface area contributed by atoms with E-state index in [4.69, 9.17) is 4.52 Å².